The first kappa shape index (κ1) is 18.6. The number of hydrogen-bond acceptors (Lipinski definition) is 5. The smallest absolute Gasteiger partial charge is 0.248 e. The van der Waals surface area contributed by atoms with Crippen LogP contribution in [0.15, 0.2) is 24.3 Å². The summed E-state index contributed by atoms with van der Waals surface area (Å²) in [5, 5.41) is 15.0. The zero-order valence-corrected chi connectivity index (χ0v) is 14.8. The molecule has 2 aromatic rings. The quantitative estimate of drug-likeness (QED) is 0.750. The lowest BCUT2D eigenvalue weighted by molar-refractivity contribution is -0.122. The van der Waals surface area contributed by atoms with Gasteiger partial charge in [-0.2, -0.15) is 4.80 Å². The first-order valence-electron chi connectivity index (χ1n) is 8.32. The van der Waals surface area contributed by atoms with Gasteiger partial charge in [0, 0.05) is 17.2 Å². The van der Waals surface area contributed by atoms with Crippen LogP contribution in [0.3, 0.4) is 0 Å². The minimum Gasteiger partial charge on any atom is -0.366 e. The average Bonchev–Trinajstić information content (AvgIpc) is 3.01. The maximum Gasteiger partial charge on any atom is 0.248 e. The molecule has 0 aliphatic rings. The Morgan fingerprint density at radius 3 is 2.44 bits per heavy atom. The predicted molar refractivity (Wildman–Crippen MR) is 93.4 cm³/mol. The molecule has 2 amide bonds. The summed E-state index contributed by atoms with van der Waals surface area (Å²) in [6, 6.07) is 6.69. The van der Waals surface area contributed by atoms with Crippen LogP contribution in [-0.2, 0) is 11.3 Å². The average molecular weight is 344 g/mol. The highest BCUT2D eigenvalue weighted by molar-refractivity contribution is 5.93. The van der Waals surface area contributed by atoms with E-state index in [4.69, 9.17) is 5.73 Å². The van der Waals surface area contributed by atoms with Crippen molar-refractivity contribution < 1.29 is 9.59 Å². The van der Waals surface area contributed by atoms with Crippen LogP contribution in [0, 0.1) is 5.92 Å². The number of carbonyl (C=O) groups excluding carboxylic acids is 2. The minimum absolute atomic E-state index is 0.0123. The van der Waals surface area contributed by atoms with E-state index in [0.717, 1.165) is 12.8 Å². The summed E-state index contributed by atoms with van der Waals surface area (Å²) in [7, 11) is 0. The first-order valence-corrected chi connectivity index (χ1v) is 8.32. The Bertz CT molecular complexity index is 723. The van der Waals surface area contributed by atoms with E-state index in [2.05, 4.69) is 34.6 Å². The number of rotatable bonds is 8. The number of amides is 2. The number of carbonyl (C=O) groups is 2. The largest absolute Gasteiger partial charge is 0.366 e. The molecule has 0 saturated heterocycles. The highest BCUT2D eigenvalue weighted by Gasteiger charge is 2.12. The topological polar surface area (TPSA) is 116 Å². The van der Waals surface area contributed by atoms with Crippen molar-refractivity contribution in [1.82, 2.24) is 25.5 Å². The van der Waals surface area contributed by atoms with E-state index >= 15 is 0 Å². The van der Waals surface area contributed by atoms with Gasteiger partial charge in [-0.3, -0.25) is 9.59 Å². The van der Waals surface area contributed by atoms with Crippen LogP contribution in [0.25, 0.3) is 11.4 Å². The van der Waals surface area contributed by atoms with Crippen LogP contribution in [0.5, 0.6) is 0 Å². The molecule has 0 aliphatic carbocycles. The maximum atomic E-state index is 12.0. The van der Waals surface area contributed by atoms with Gasteiger partial charge in [-0.1, -0.05) is 26.0 Å². The van der Waals surface area contributed by atoms with Gasteiger partial charge in [0.25, 0.3) is 0 Å². The molecule has 0 saturated carbocycles. The number of nitrogens with zero attached hydrogens (tertiary/aromatic N) is 4. The normalized spacial score (nSPS) is 12.2. The van der Waals surface area contributed by atoms with Gasteiger partial charge in [0.05, 0.1) is 0 Å². The number of hydrogen-bond donors (Lipinski definition) is 2. The fourth-order valence-corrected chi connectivity index (χ4v) is 2.31. The fourth-order valence-electron chi connectivity index (χ4n) is 2.31. The Morgan fingerprint density at radius 2 is 1.84 bits per heavy atom. The molecule has 134 valence electrons. The number of nitrogens with one attached hydrogen (secondary N) is 1. The van der Waals surface area contributed by atoms with E-state index in [1.54, 1.807) is 24.3 Å². The predicted octanol–water partition coefficient (Wildman–Crippen LogP) is 1.38. The fraction of sp³-hybridized carbons (Fsp3) is 0.471. The summed E-state index contributed by atoms with van der Waals surface area (Å²) < 4.78 is 0. The van der Waals surface area contributed by atoms with Crippen molar-refractivity contribution in [2.45, 2.75) is 46.2 Å². The SMILES string of the molecule is CC(C)CC[C@@H](C)NC(=O)Cn1nnc(-c2ccc(C(N)=O)cc2)n1. The number of tetrazole rings is 1. The van der Waals surface area contributed by atoms with E-state index in [0.29, 0.717) is 22.9 Å². The molecule has 1 atom stereocenters. The monoisotopic (exact) mass is 344 g/mol. The molecular weight excluding hydrogens is 320 g/mol. The van der Waals surface area contributed by atoms with Crippen molar-refractivity contribution in [3.8, 4) is 11.4 Å². The molecule has 0 unspecified atom stereocenters. The standard InChI is InChI=1S/C17H24N6O2/c1-11(2)4-5-12(3)19-15(24)10-23-21-17(20-22-23)14-8-6-13(7-9-14)16(18)25/h6-9,11-12H,4-5,10H2,1-3H3,(H2,18,25)(H,19,24)/t12-/m1/s1. The third-order valence-corrected chi connectivity index (χ3v) is 3.75. The van der Waals surface area contributed by atoms with E-state index in [1.165, 1.54) is 4.80 Å². The Balaban J connectivity index is 1.92. The molecule has 0 radical (unpaired) electrons. The molecule has 8 heteroatoms. The summed E-state index contributed by atoms with van der Waals surface area (Å²) in [5.41, 5.74) is 6.31. The van der Waals surface area contributed by atoms with E-state index in [-0.39, 0.29) is 18.5 Å². The molecule has 3 N–H and O–H groups in total. The van der Waals surface area contributed by atoms with E-state index < -0.39 is 5.91 Å². The molecule has 25 heavy (non-hydrogen) atoms. The number of nitrogens with two attached hydrogens (primary N) is 1. The lowest BCUT2D eigenvalue weighted by Crippen LogP contribution is -2.35. The molecule has 0 fully saturated rings. The Kier molecular flexibility index (Phi) is 6.21. The van der Waals surface area contributed by atoms with Gasteiger partial charge < -0.3 is 11.1 Å². The molecule has 0 aliphatic heterocycles. The third kappa shape index (κ3) is 5.66. The molecule has 0 bridgehead atoms. The van der Waals surface area contributed by atoms with Crippen molar-refractivity contribution in [3.63, 3.8) is 0 Å². The number of benzene rings is 1. The maximum absolute atomic E-state index is 12.0. The van der Waals surface area contributed by atoms with Crippen LogP contribution >= 0.6 is 0 Å². The van der Waals surface area contributed by atoms with Gasteiger partial charge in [0.1, 0.15) is 6.54 Å². The Labute approximate surface area is 146 Å². The van der Waals surface area contributed by atoms with Gasteiger partial charge >= 0.3 is 0 Å². The van der Waals surface area contributed by atoms with Crippen LogP contribution in [0.1, 0.15) is 44.0 Å². The van der Waals surface area contributed by atoms with Crippen molar-refractivity contribution in [1.29, 1.82) is 0 Å². The highest BCUT2D eigenvalue weighted by atomic mass is 16.2. The third-order valence-electron chi connectivity index (χ3n) is 3.75. The van der Waals surface area contributed by atoms with Gasteiger partial charge in [-0.15, -0.1) is 10.2 Å². The molecule has 1 aromatic carbocycles. The zero-order valence-electron chi connectivity index (χ0n) is 14.8. The molecular formula is C17H24N6O2. The Hall–Kier alpha value is -2.77. The molecule has 1 heterocycles. The molecule has 0 spiro atoms. The van der Waals surface area contributed by atoms with Crippen molar-refractivity contribution >= 4 is 11.8 Å². The molecule has 8 nitrogen and oxygen atoms in total. The van der Waals surface area contributed by atoms with Crippen molar-refractivity contribution in [2.24, 2.45) is 11.7 Å². The minimum atomic E-state index is -0.494. The summed E-state index contributed by atoms with van der Waals surface area (Å²) in [4.78, 5) is 24.4. The Morgan fingerprint density at radius 1 is 1.16 bits per heavy atom. The number of primary amides is 1. The van der Waals surface area contributed by atoms with Crippen LogP contribution in [0.4, 0.5) is 0 Å². The first-order chi connectivity index (χ1) is 11.8. The van der Waals surface area contributed by atoms with Crippen LogP contribution < -0.4 is 11.1 Å². The van der Waals surface area contributed by atoms with Crippen molar-refractivity contribution in [2.75, 3.05) is 0 Å². The summed E-state index contributed by atoms with van der Waals surface area (Å²) >= 11 is 0. The second-order valence-electron chi connectivity index (χ2n) is 6.52. The van der Waals surface area contributed by atoms with E-state index in [1.807, 2.05) is 6.92 Å². The lowest BCUT2D eigenvalue weighted by Gasteiger charge is -2.14. The second-order valence-corrected chi connectivity index (χ2v) is 6.52. The summed E-state index contributed by atoms with van der Waals surface area (Å²) in [6.45, 7) is 6.32. The van der Waals surface area contributed by atoms with Crippen molar-refractivity contribution in [3.05, 3.63) is 29.8 Å². The lowest BCUT2D eigenvalue weighted by atomic mass is 10.0. The second kappa shape index (κ2) is 8.36. The van der Waals surface area contributed by atoms with Gasteiger partial charge in [-0.05, 0) is 43.0 Å². The van der Waals surface area contributed by atoms with Crippen LogP contribution in [0.2, 0.25) is 0 Å². The molecule has 2 rings (SSSR count). The van der Waals surface area contributed by atoms with Crippen LogP contribution in [-0.4, -0.2) is 38.1 Å². The van der Waals surface area contributed by atoms with Gasteiger partial charge in [-0.25, -0.2) is 0 Å². The van der Waals surface area contributed by atoms with Gasteiger partial charge in [0.2, 0.25) is 17.6 Å². The number of aromatic nitrogens is 4. The molecule has 1 aromatic heterocycles. The zero-order chi connectivity index (χ0) is 18.4. The summed E-state index contributed by atoms with van der Waals surface area (Å²) in [5.74, 6) is 0.354. The van der Waals surface area contributed by atoms with E-state index in [9.17, 15) is 9.59 Å². The summed E-state index contributed by atoms with van der Waals surface area (Å²) in [6.07, 6.45) is 2.00. The van der Waals surface area contributed by atoms with Gasteiger partial charge in [0.15, 0.2) is 0 Å². The highest BCUT2D eigenvalue weighted by Crippen LogP contribution is 2.14.